The fourth-order valence-electron chi connectivity index (χ4n) is 3.52. The molecule has 0 bridgehead atoms. The molecule has 2 aromatic heterocycles. The Morgan fingerprint density at radius 1 is 1.42 bits per heavy atom. The van der Waals surface area contributed by atoms with Crippen LogP contribution in [-0.4, -0.2) is 39.3 Å². The summed E-state index contributed by atoms with van der Waals surface area (Å²) >= 11 is 0. The first-order valence-corrected chi connectivity index (χ1v) is 8.98. The summed E-state index contributed by atoms with van der Waals surface area (Å²) in [5, 5.41) is 13.2. The Morgan fingerprint density at radius 3 is 3.12 bits per heavy atom. The zero-order valence-corrected chi connectivity index (χ0v) is 14.3. The lowest BCUT2D eigenvalue weighted by atomic mass is 10.2. The van der Waals surface area contributed by atoms with Crippen molar-refractivity contribution in [1.82, 2.24) is 19.7 Å². The summed E-state index contributed by atoms with van der Waals surface area (Å²) in [5.74, 6) is 2.34. The number of imidazole rings is 1. The largest absolute Gasteiger partial charge is 0.491 e. The Labute approximate surface area is 149 Å². The Kier molecular flexibility index (Phi) is 3.55. The minimum Gasteiger partial charge on any atom is -0.491 e. The second-order valence-electron chi connectivity index (χ2n) is 6.86. The van der Waals surface area contributed by atoms with Gasteiger partial charge in [0.05, 0.1) is 29.7 Å². The van der Waals surface area contributed by atoms with E-state index in [4.69, 9.17) is 9.72 Å². The number of carbonyl (C=O) groups is 1. The van der Waals surface area contributed by atoms with Crippen LogP contribution in [0.3, 0.4) is 0 Å². The predicted molar refractivity (Wildman–Crippen MR) is 98.3 cm³/mol. The molecule has 2 aliphatic rings. The molecule has 3 aromatic rings. The summed E-state index contributed by atoms with van der Waals surface area (Å²) in [4.78, 5) is 16.1. The average Bonchev–Trinajstić information content (AvgIpc) is 3.24. The number of amides is 1. The summed E-state index contributed by atoms with van der Waals surface area (Å²) in [6, 6.07) is 1.99. The van der Waals surface area contributed by atoms with Crippen molar-refractivity contribution >= 4 is 28.8 Å². The van der Waals surface area contributed by atoms with Crippen LogP contribution in [0.25, 0.3) is 22.4 Å². The summed E-state index contributed by atoms with van der Waals surface area (Å²) in [6.07, 6.45) is 7.70. The second kappa shape index (κ2) is 6.05. The standard InChI is InChI=1S/C18H20N6O2/c25-10-20-15-13(19-7-11-2-3-11)6-14-17-16(15)23-18(12-8-21-22-9-12)24(17)4-1-5-26-14/h6,8-11,19H,1-5,7H2,(H,20,25)(H,21,22). The second-order valence-corrected chi connectivity index (χ2v) is 6.86. The van der Waals surface area contributed by atoms with Crippen LogP contribution in [0.2, 0.25) is 0 Å². The first-order chi connectivity index (χ1) is 12.8. The Bertz CT molecular complexity index is 958. The number of aryl methyl sites for hydroxylation is 1. The molecule has 8 nitrogen and oxygen atoms in total. The van der Waals surface area contributed by atoms with Crippen LogP contribution >= 0.6 is 0 Å². The van der Waals surface area contributed by atoms with E-state index in [-0.39, 0.29) is 0 Å². The maximum Gasteiger partial charge on any atom is 0.211 e. The van der Waals surface area contributed by atoms with E-state index in [2.05, 4.69) is 25.4 Å². The van der Waals surface area contributed by atoms with Crippen LogP contribution < -0.4 is 15.4 Å². The summed E-state index contributed by atoms with van der Waals surface area (Å²) in [6.45, 7) is 2.36. The van der Waals surface area contributed by atoms with Crippen LogP contribution in [0.4, 0.5) is 11.4 Å². The molecule has 0 radical (unpaired) electrons. The van der Waals surface area contributed by atoms with Gasteiger partial charge in [0.25, 0.3) is 0 Å². The highest BCUT2D eigenvalue weighted by molar-refractivity contribution is 6.04. The molecule has 1 saturated carbocycles. The van der Waals surface area contributed by atoms with E-state index in [1.807, 2.05) is 12.3 Å². The number of aromatic amines is 1. The fourth-order valence-corrected chi connectivity index (χ4v) is 3.52. The Balaban J connectivity index is 1.72. The normalized spacial score (nSPS) is 16.2. The maximum atomic E-state index is 11.3. The molecule has 3 N–H and O–H groups in total. The number of nitrogens with zero attached hydrogens (tertiary/aromatic N) is 3. The highest BCUT2D eigenvalue weighted by Crippen LogP contribution is 2.42. The van der Waals surface area contributed by atoms with E-state index in [9.17, 15) is 4.79 Å². The van der Waals surface area contributed by atoms with Gasteiger partial charge in [0.1, 0.15) is 22.6 Å². The molecule has 0 spiro atoms. The summed E-state index contributed by atoms with van der Waals surface area (Å²) in [5.41, 5.74) is 4.13. The minimum atomic E-state index is 0.657. The van der Waals surface area contributed by atoms with Gasteiger partial charge in [0.15, 0.2) is 0 Å². The number of hydrogen-bond acceptors (Lipinski definition) is 5. The third-order valence-electron chi connectivity index (χ3n) is 5.00. The quantitative estimate of drug-likeness (QED) is 0.593. The molecule has 0 atom stereocenters. The van der Waals surface area contributed by atoms with Crippen molar-refractivity contribution in [2.45, 2.75) is 25.8 Å². The number of carbonyl (C=O) groups excluding carboxylic acids is 1. The van der Waals surface area contributed by atoms with E-state index >= 15 is 0 Å². The van der Waals surface area contributed by atoms with Gasteiger partial charge in [-0.2, -0.15) is 5.10 Å². The first kappa shape index (κ1) is 15.2. The number of rotatable bonds is 6. The minimum absolute atomic E-state index is 0.657. The molecule has 5 rings (SSSR count). The zero-order valence-electron chi connectivity index (χ0n) is 14.3. The average molecular weight is 352 g/mol. The summed E-state index contributed by atoms with van der Waals surface area (Å²) < 4.78 is 8.16. The van der Waals surface area contributed by atoms with E-state index < -0.39 is 0 Å². The fraction of sp³-hybridized carbons (Fsp3) is 0.389. The molecule has 1 aliphatic carbocycles. The van der Waals surface area contributed by atoms with Gasteiger partial charge >= 0.3 is 0 Å². The van der Waals surface area contributed by atoms with Crippen LogP contribution in [0.1, 0.15) is 19.3 Å². The Hall–Kier alpha value is -3.03. The molecule has 0 unspecified atom stereocenters. The van der Waals surface area contributed by atoms with Crippen molar-refractivity contribution in [1.29, 1.82) is 0 Å². The molecule has 1 aliphatic heterocycles. The van der Waals surface area contributed by atoms with Crippen molar-refractivity contribution in [3.05, 3.63) is 18.5 Å². The molecule has 8 heteroatoms. The van der Waals surface area contributed by atoms with Crippen molar-refractivity contribution in [2.75, 3.05) is 23.8 Å². The molecule has 0 saturated heterocycles. The molecular weight excluding hydrogens is 332 g/mol. The van der Waals surface area contributed by atoms with Gasteiger partial charge in [0.2, 0.25) is 6.41 Å². The number of ether oxygens (including phenoxy) is 1. The van der Waals surface area contributed by atoms with Gasteiger partial charge in [-0.15, -0.1) is 0 Å². The number of H-pyrrole nitrogens is 1. The van der Waals surface area contributed by atoms with Gasteiger partial charge in [0, 0.05) is 25.4 Å². The van der Waals surface area contributed by atoms with Crippen molar-refractivity contribution in [3.63, 3.8) is 0 Å². The molecule has 26 heavy (non-hydrogen) atoms. The number of hydrogen-bond donors (Lipinski definition) is 3. The number of aromatic nitrogens is 4. The SMILES string of the molecule is O=CNc1c(NCC2CC2)cc2c3c1nc(-c1cn[nH]c1)n3CCCO2. The van der Waals surface area contributed by atoms with Crippen molar-refractivity contribution < 1.29 is 9.53 Å². The van der Waals surface area contributed by atoms with Gasteiger partial charge in [-0.3, -0.25) is 9.89 Å². The highest BCUT2D eigenvalue weighted by Gasteiger charge is 2.26. The van der Waals surface area contributed by atoms with Gasteiger partial charge < -0.3 is 19.9 Å². The predicted octanol–water partition coefficient (Wildman–Crippen LogP) is 2.60. The number of anilines is 2. The number of benzene rings is 1. The molecule has 1 fully saturated rings. The number of nitrogens with one attached hydrogen (secondary N) is 3. The first-order valence-electron chi connectivity index (χ1n) is 8.98. The third kappa shape index (κ3) is 2.49. The smallest absolute Gasteiger partial charge is 0.211 e. The van der Waals surface area contributed by atoms with E-state index in [0.717, 1.165) is 53.4 Å². The van der Waals surface area contributed by atoms with Gasteiger partial charge in [-0.1, -0.05) is 0 Å². The van der Waals surface area contributed by atoms with E-state index in [1.54, 1.807) is 6.20 Å². The van der Waals surface area contributed by atoms with Crippen LogP contribution in [0.15, 0.2) is 18.5 Å². The summed E-state index contributed by atoms with van der Waals surface area (Å²) in [7, 11) is 0. The molecule has 1 amide bonds. The molecule has 134 valence electrons. The van der Waals surface area contributed by atoms with E-state index in [1.165, 1.54) is 12.8 Å². The van der Waals surface area contributed by atoms with Crippen LogP contribution in [0, 0.1) is 5.92 Å². The van der Waals surface area contributed by atoms with Gasteiger partial charge in [-0.25, -0.2) is 4.98 Å². The highest BCUT2D eigenvalue weighted by atomic mass is 16.5. The maximum absolute atomic E-state index is 11.3. The van der Waals surface area contributed by atoms with Gasteiger partial charge in [-0.05, 0) is 25.2 Å². The molecule has 1 aromatic carbocycles. The van der Waals surface area contributed by atoms with Crippen LogP contribution in [-0.2, 0) is 11.3 Å². The third-order valence-corrected chi connectivity index (χ3v) is 5.00. The lowest BCUT2D eigenvalue weighted by molar-refractivity contribution is -0.105. The van der Waals surface area contributed by atoms with Crippen LogP contribution in [0.5, 0.6) is 5.75 Å². The zero-order chi connectivity index (χ0) is 17.5. The lowest BCUT2D eigenvalue weighted by Gasteiger charge is -2.14. The molecule has 3 heterocycles. The lowest BCUT2D eigenvalue weighted by Crippen LogP contribution is -2.08. The van der Waals surface area contributed by atoms with Crippen molar-refractivity contribution in [2.24, 2.45) is 5.92 Å². The van der Waals surface area contributed by atoms with Crippen molar-refractivity contribution in [3.8, 4) is 17.1 Å². The molecular formula is C18H20N6O2. The topological polar surface area (TPSA) is 96.9 Å². The Morgan fingerprint density at radius 2 is 2.35 bits per heavy atom. The monoisotopic (exact) mass is 352 g/mol. The van der Waals surface area contributed by atoms with E-state index in [0.29, 0.717) is 24.6 Å².